The number of nitrogens with zero attached hydrogens (tertiary/aromatic N) is 1. The second-order valence-corrected chi connectivity index (χ2v) is 6.45. The number of methoxy groups -OCH3 is 1. The van der Waals surface area contributed by atoms with E-state index < -0.39 is 5.54 Å². The summed E-state index contributed by atoms with van der Waals surface area (Å²) in [4.78, 5) is 15.4. The van der Waals surface area contributed by atoms with Crippen molar-refractivity contribution in [2.75, 3.05) is 21.2 Å². The molecule has 0 heterocycles. The molecule has 1 aromatic carbocycles. The van der Waals surface area contributed by atoms with Gasteiger partial charge >= 0.3 is 0 Å². The molecule has 0 radical (unpaired) electrons. The van der Waals surface area contributed by atoms with E-state index >= 15 is 0 Å². The minimum atomic E-state index is -0.436. The SMILES string of the molecule is COc1ccc(Cl)cc1C(=O)C1(N(C)C)CCCCCC1. The Balaban J connectivity index is 2.45. The quantitative estimate of drug-likeness (QED) is 0.617. The number of halogens is 1. The second-order valence-electron chi connectivity index (χ2n) is 6.01. The molecule has 1 aliphatic carbocycles. The Bertz CT molecular complexity index is 506. The Labute approximate surface area is 132 Å². The van der Waals surface area contributed by atoms with E-state index in [1.165, 1.54) is 12.8 Å². The summed E-state index contributed by atoms with van der Waals surface area (Å²) in [5.74, 6) is 0.739. The normalized spacial score (nSPS) is 18.3. The van der Waals surface area contributed by atoms with Gasteiger partial charge < -0.3 is 4.74 Å². The molecule has 21 heavy (non-hydrogen) atoms. The third kappa shape index (κ3) is 3.24. The van der Waals surface area contributed by atoms with E-state index in [4.69, 9.17) is 16.3 Å². The summed E-state index contributed by atoms with van der Waals surface area (Å²) >= 11 is 6.09. The summed E-state index contributed by atoms with van der Waals surface area (Å²) in [5, 5.41) is 0.571. The van der Waals surface area contributed by atoms with Crippen LogP contribution in [0.15, 0.2) is 18.2 Å². The monoisotopic (exact) mass is 309 g/mol. The van der Waals surface area contributed by atoms with Gasteiger partial charge in [-0.25, -0.2) is 0 Å². The Morgan fingerprint density at radius 3 is 2.33 bits per heavy atom. The van der Waals surface area contributed by atoms with Crippen LogP contribution in [0, 0.1) is 0 Å². The lowest BCUT2D eigenvalue weighted by Gasteiger charge is -2.38. The number of benzene rings is 1. The van der Waals surface area contributed by atoms with Crippen LogP contribution in [0.2, 0.25) is 5.02 Å². The molecule has 116 valence electrons. The van der Waals surface area contributed by atoms with Crippen molar-refractivity contribution in [1.29, 1.82) is 0 Å². The summed E-state index contributed by atoms with van der Waals surface area (Å²) in [7, 11) is 5.59. The maximum atomic E-state index is 13.3. The maximum Gasteiger partial charge on any atom is 0.186 e. The Morgan fingerprint density at radius 2 is 1.81 bits per heavy atom. The molecule has 0 unspecified atom stereocenters. The van der Waals surface area contributed by atoms with Crippen LogP contribution in [-0.4, -0.2) is 37.4 Å². The minimum absolute atomic E-state index is 0.133. The zero-order valence-corrected chi connectivity index (χ0v) is 13.9. The summed E-state index contributed by atoms with van der Waals surface area (Å²) in [6.07, 6.45) is 6.38. The predicted molar refractivity (Wildman–Crippen MR) is 86.5 cm³/mol. The lowest BCUT2D eigenvalue weighted by atomic mass is 9.81. The van der Waals surface area contributed by atoms with Crippen LogP contribution < -0.4 is 4.74 Å². The van der Waals surface area contributed by atoms with Gasteiger partial charge in [0.2, 0.25) is 0 Å². The first-order chi connectivity index (χ1) is 10.0. The fourth-order valence-electron chi connectivity index (χ4n) is 3.30. The van der Waals surface area contributed by atoms with Gasteiger partial charge in [-0.2, -0.15) is 0 Å². The molecule has 0 aliphatic heterocycles. The fraction of sp³-hybridized carbons (Fsp3) is 0.588. The maximum absolute atomic E-state index is 13.3. The number of carbonyl (C=O) groups is 1. The third-order valence-electron chi connectivity index (χ3n) is 4.62. The molecule has 1 aliphatic rings. The number of Topliss-reactive ketones (excluding diaryl/α,β-unsaturated/α-hetero) is 1. The van der Waals surface area contributed by atoms with Crippen molar-refractivity contribution in [3.05, 3.63) is 28.8 Å². The molecule has 0 aromatic heterocycles. The minimum Gasteiger partial charge on any atom is -0.496 e. The van der Waals surface area contributed by atoms with Crippen molar-refractivity contribution in [2.24, 2.45) is 0 Å². The van der Waals surface area contributed by atoms with Gasteiger partial charge in [-0.3, -0.25) is 9.69 Å². The van der Waals surface area contributed by atoms with E-state index in [-0.39, 0.29) is 5.78 Å². The molecular weight excluding hydrogens is 286 g/mol. The third-order valence-corrected chi connectivity index (χ3v) is 4.85. The van der Waals surface area contributed by atoms with Crippen molar-refractivity contribution < 1.29 is 9.53 Å². The molecule has 0 N–H and O–H groups in total. The van der Waals surface area contributed by atoms with Crippen molar-refractivity contribution in [2.45, 2.75) is 44.1 Å². The van der Waals surface area contributed by atoms with Crippen molar-refractivity contribution in [1.82, 2.24) is 4.90 Å². The molecule has 1 fully saturated rings. The van der Waals surface area contributed by atoms with Gasteiger partial charge in [-0.15, -0.1) is 0 Å². The van der Waals surface area contributed by atoms with Crippen LogP contribution in [0.5, 0.6) is 5.75 Å². The average molecular weight is 310 g/mol. The van der Waals surface area contributed by atoms with Gasteiger partial charge in [0.25, 0.3) is 0 Å². The first-order valence-corrected chi connectivity index (χ1v) is 7.95. The number of ether oxygens (including phenoxy) is 1. The van der Waals surface area contributed by atoms with Crippen LogP contribution in [0.25, 0.3) is 0 Å². The number of hydrogen-bond donors (Lipinski definition) is 0. The lowest BCUT2D eigenvalue weighted by molar-refractivity contribution is 0.0632. The molecule has 1 saturated carbocycles. The Hall–Kier alpha value is -1.06. The molecular formula is C17H24ClNO2. The standard InChI is InChI=1S/C17H24ClNO2/c1-19(2)17(10-6-4-5-7-11-17)16(20)14-12-13(18)8-9-15(14)21-3/h8-9,12H,4-7,10-11H2,1-3H3. The molecule has 1 aromatic rings. The van der Waals surface area contributed by atoms with Gasteiger partial charge in [-0.1, -0.05) is 37.3 Å². The van der Waals surface area contributed by atoms with E-state index in [0.717, 1.165) is 25.7 Å². The summed E-state index contributed by atoms with van der Waals surface area (Å²) in [6.45, 7) is 0. The van der Waals surface area contributed by atoms with Gasteiger partial charge in [0.1, 0.15) is 5.75 Å². The van der Waals surface area contributed by atoms with Crippen LogP contribution >= 0.6 is 11.6 Å². The van der Waals surface area contributed by atoms with Gasteiger partial charge in [-0.05, 0) is 45.1 Å². The average Bonchev–Trinajstić information content (AvgIpc) is 2.73. The zero-order chi connectivity index (χ0) is 15.5. The van der Waals surface area contributed by atoms with Crippen LogP contribution in [0.4, 0.5) is 0 Å². The van der Waals surface area contributed by atoms with Crippen LogP contribution in [0.1, 0.15) is 48.9 Å². The largest absolute Gasteiger partial charge is 0.496 e. The van der Waals surface area contributed by atoms with E-state index in [1.54, 1.807) is 25.3 Å². The molecule has 0 amide bonds. The smallest absolute Gasteiger partial charge is 0.186 e. The molecule has 0 bridgehead atoms. The molecule has 2 rings (SSSR count). The highest BCUT2D eigenvalue weighted by Crippen LogP contribution is 2.37. The molecule has 0 spiro atoms. The van der Waals surface area contributed by atoms with E-state index in [9.17, 15) is 4.79 Å². The number of carbonyl (C=O) groups excluding carboxylic acids is 1. The number of likely N-dealkylation sites (N-methyl/N-ethyl adjacent to an activating group) is 1. The van der Waals surface area contributed by atoms with Gasteiger partial charge in [0.05, 0.1) is 18.2 Å². The number of hydrogen-bond acceptors (Lipinski definition) is 3. The highest BCUT2D eigenvalue weighted by atomic mass is 35.5. The molecule has 0 saturated heterocycles. The topological polar surface area (TPSA) is 29.5 Å². The lowest BCUT2D eigenvalue weighted by Crippen LogP contribution is -2.50. The highest BCUT2D eigenvalue weighted by Gasteiger charge is 2.42. The Kier molecular flexibility index (Phi) is 5.28. The Morgan fingerprint density at radius 1 is 1.19 bits per heavy atom. The van der Waals surface area contributed by atoms with Crippen molar-refractivity contribution in [3.63, 3.8) is 0 Å². The first kappa shape index (κ1) is 16.3. The number of rotatable bonds is 4. The molecule has 0 atom stereocenters. The summed E-state index contributed by atoms with van der Waals surface area (Å²) in [6, 6.07) is 5.26. The van der Waals surface area contributed by atoms with Gasteiger partial charge in [0.15, 0.2) is 5.78 Å². The summed E-state index contributed by atoms with van der Waals surface area (Å²) < 4.78 is 5.37. The van der Waals surface area contributed by atoms with Crippen LogP contribution in [-0.2, 0) is 0 Å². The predicted octanol–water partition coefficient (Wildman–Crippen LogP) is 4.19. The second kappa shape index (κ2) is 6.80. The molecule has 4 heteroatoms. The summed E-state index contributed by atoms with van der Waals surface area (Å²) in [5.41, 5.74) is 0.162. The van der Waals surface area contributed by atoms with Gasteiger partial charge in [0, 0.05) is 5.02 Å². The van der Waals surface area contributed by atoms with E-state index in [1.807, 2.05) is 14.1 Å². The first-order valence-electron chi connectivity index (χ1n) is 7.57. The van der Waals surface area contributed by atoms with Crippen LogP contribution in [0.3, 0.4) is 0 Å². The van der Waals surface area contributed by atoms with E-state index in [2.05, 4.69) is 4.90 Å². The van der Waals surface area contributed by atoms with Crippen molar-refractivity contribution >= 4 is 17.4 Å². The molecule has 3 nitrogen and oxygen atoms in total. The van der Waals surface area contributed by atoms with Crippen molar-refractivity contribution in [3.8, 4) is 5.75 Å². The number of ketones is 1. The van der Waals surface area contributed by atoms with E-state index in [0.29, 0.717) is 16.3 Å². The zero-order valence-electron chi connectivity index (χ0n) is 13.1. The highest BCUT2D eigenvalue weighted by molar-refractivity contribution is 6.31. The fourth-order valence-corrected chi connectivity index (χ4v) is 3.47.